The van der Waals surface area contributed by atoms with Crippen molar-refractivity contribution in [1.82, 2.24) is 0 Å². The fourth-order valence-electron chi connectivity index (χ4n) is 1.12. The molecule has 0 radical (unpaired) electrons. The fraction of sp³-hybridized carbons (Fsp3) is 0.333. The molecule has 0 bridgehead atoms. The largest absolute Gasteiger partial charge is 0.304 e. The number of nitrogens with two attached hydrogens (primary N) is 1. The molecule has 4 heteroatoms. The summed E-state index contributed by atoms with van der Waals surface area (Å²) < 4.78 is 13.0. The van der Waals surface area contributed by atoms with Crippen LogP contribution in [0.15, 0.2) is 12.1 Å². The summed E-state index contributed by atoms with van der Waals surface area (Å²) in [7, 11) is 0. The van der Waals surface area contributed by atoms with E-state index in [-0.39, 0.29) is 10.8 Å². The topological polar surface area (TPSA) is 35.2 Å². The molecule has 0 fully saturated rings. The Balaban J connectivity index is 2.86. The first kappa shape index (κ1) is 10.4. The summed E-state index contributed by atoms with van der Waals surface area (Å²) in [4.78, 5) is 4.42. The summed E-state index contributed by atoms with van der Waals surface area (Å²) in [5.41, 5.74) is 1.47. The summed E-state index contributed by atoms with van der Waals surface area (Å²) in [5, 5.41) is 0.145. The van der Waals surface area contributed by atoms with Gasteiger partial charge in [0.1, 0.15) is 5.82 Å². The summed E-state index contributed by atoms with van der Waals surface area (Å²) in [6, 6.07) is 3.32. The molecule has 2 N–H and O–H groups in total. The van der Waals surface area contributed by atoms with E-state index in [1.165, 1.54) is 0 Å². The number of halogens is 2. The first-order chi connectivity index (χ1) is 6.15. The van der Waals surface area contributed by atoms with Gasteiger partial charge in [-0.3, -0.25) is 0 Å². The smallest absolute Gasteiger partial charge is 0.144 e. The molecule has 0 aliphatic heterocycles. The van der Waals surface area contributed by atoms with Gasteiger partial charge >= 0.3 is 0 Å². The summed E-state index contributed by atoms with van der Waals surface area (Å²) in [6.07, 6.45) is 0.636. The minimum atomic E-state index is -0.362. The molecule has 0 heterocycles. The molecule has 0 spiro atoms. The molecule has 13 heavy (non-hydrogen) atoms. The number of benzene rings is 1. The summed E-state index contributed by atoms with van der Waals surface area (Å²) >= 11 is 5.65. The Hall–Kier alpha value is -0.640. The van der Waals surface area contributed by atoms with Crippen molar-refractivity contribution in [3.8, 4) is 0 Å². The summed E-state index contributed by atoms with van der Waals surface area (Å²) in [5.74, 6) is 4.51. The van der Waals surface area contributed by atoms with Crippen molar-refractivity contribution in [2.45, 2.75) is 13.3 Å². The molecule has 72 valence electrons. The van der Waals surface area contributed by atoms with Crippen LogP contribution in [0.2, 0.25) is 5.02 Å². The Morgan fingerprint density at radius 1 is 1.54 bits per heavy atom. The van der Waals surface area contributed by atoms with Crippen LogP contribution in [0.3, 0.4) is 0 Å². The van der Waals surface area contributed by atoms with Crippen molar-refractivity contribution in [1.29, 1.82) is 0 Å². The molecule has 0 atom stereocenters. The number of rotatable bonds is 3. The van der Waals surface area contributed by atoms with Gasteiger partial charge in [-0.15, -0.1) is 0 Å². The molecule has 1 rings (SSSR count). The minimum absolute atomic E-state index is 0.145. The van der Waals surface area contributed by atoms with Crippen LogP contribution in [-0.2, 0) is 11.3 Å². The van der Waals surface area contributed by atoms with Crippen molar-refractivity contribution in [3.63, 3.8) is 0 Å². The van der Waals surface area contributed by atoms with Gasteiger partial charge in [-0.2, -0.15) is 0 Å². The Kier molecular flexibility index (Phi) is 3.66. The monoisotopic (exact) mass is 203 g/mol. The second-order valence-corrected chi connectivity index (χ2v) is 3.24. The molecule has 1 aromatic rings. The Morgan fingerprint density at radius 2 is 2.23 bits per heavy atom. The Labute approximate surface area is 81.4 Å². The number of aryl methyl sites for hydroxylation is 1. The van der Waals surface area contributed by atoms with E-state index in [0.29, 0.717) is 18.6 Å². The lowest BCUT2D eigenvalue weighted by Crippen LogP contribution is -2.04. The maximum absolute atomic E-state index is 13.0. The molecule has 0 unspecified atom stereocenters. The van der Waals surface area contributed by atoms with Crippen LogP contribution >= 0.6 is 11.6 Å². The van der Waals surface area contributed by atoms with Crippen LogP contribution in [-0.4, -0.2) is 6.61 Å². The standard InChI is InChI=1S/C9H11ClFNO/c1-6-4-7(2-3-13-12)5-8(10)9(6)11/h4-5H,2-3,12H2,1H3. The van der Waals surface area contributed by atoms with Crippen LogP contribution in [0.25, 0.3) is 0 Å². The van der Waals surface area contributed by atoms with E-state index in [1.54, 1.807) is 19.1 Å². The highest BCUT2D eigenvalue weighted by Gasteiger charge is 2.05. The molecule has 0 saturated carbocycles. The first-order valence-electron chi connectivity index (χ1n) is 3.91. The lowest BCUT2D eigenvalue weighted by atomic mass is 10.1. The lowest BCUT2D eigenvalue weighted by Gasteiger charge is -2.04. The van der Waals surface area contributed by atoms with Crippen LogP contribution in [0.4, 0.5) is 4.39 Å². The molecule has 2 nitrogen and oxygen atoms in total. The normalized spacial score (nSPS) is 10.5. The SMILES string of the molecule is Cc1cc(CCON)cc(Cl)c1F. The van der Waals surface area contributed by atoms with E-state index in [2.05, 4.69) is 4.84 Å². The quantitative estimate of drug-likeness (QED) is 0.765. The van der Waals surface area contributed by atoms with E-state index >= 15 is 0 Å². The van der Waals surface area contributed by atoms with E-state index in [1.807, 2.05) is 0 Å². The van der Waals surface area contributed by atoms with Gasteiger partial charge in [0.2, 0.25) is 0 Å². The van der Waals surface area contributed by atoms with Crippen LogP contribution < -0.4 is 5.90 Å². The highest BCUT2D eigenvalue weighted by atomic mass is 35.5. The van der Waals surface area contributed by atoms with Gasteiger partial charge in [0.15, 0.2) is 0 Å². The minimum Gasteiger partial charge on any atom is -0.304 e. The zero-order chi connectivity index (χ0) is 9.84. The predicted octanol–water partition coefficient (Wildman–Crippen LogP) is 2.22. The molecular formula is C9H11ClFNO. The molecule has 0 amide bonds. The zero-order valence-corrected chi connectivity index (χ0v) is 8.07. The van der Waals surface area contributed by atoms with Crippen molar-refractivity contribution in [3.05, 3.63) is 34.1 Å². The van der Waals surface area contributed by atoms with Gasteiger partial charge in [0, 0.05) is 0 Å². The van der Waals surface area contributed by atoms with Gasteiger partial charge < -0.3 is 4.84 Å². The van der Waals surface area contributed by atoms with Gasteiger partial charge in [-0.25, -0.2) is 10.3 Å². The average Bonchev–Trinajstić information content (AvgIpc) is 2.10. The van der Waals surface area contributed by atoms with E-state index in [9.17, 15) is 4.39 Å². The molecule has 0 saturated heterocycles. The highest BCUT2D eigenvalue weighted by molar-refractivity contribution is 6.30. The number of hydrogen-bond acceptors (Lipinski definition) is 2. The third-order valence-corrected chi connectivity index (χ3v) is 2.05. The van der Waals surface area contributed by atoms with E-state index < -0.39 is 0 Å². The van der Waals surface area contributed by atoms with Crippen LogP contribution in [0, 0.1) is 12.7 Å². The van der Waals surface area contributed by atoms with Gasteiger partial charge in [-0.1, -0.05) is 17.7 Å². The van der Waals surface area contributed by atoms with Crippen LogP contribution in [0.1, 0.15) is 11.1 Å². The lowest BCUT2D eigenvalue weighted by molar-refractivity contribution is 0.141. The highest BCUT2D eigenvalue weighted by Crippen LogP contribution is 2.20. The van der Waals surface area contributed by atoms with E-state index in [0.717, 1.165) is 5.56 Å². The molecule has 0 aliphatic rings. The van der Waals surface area contributed by atoms with E-state index in [4.69, 9.17) is 17.5 Å². The van der Waals surface area contributed by atoms with Gasteiger partial charge in [0.05, 0.1) is 11.6 Å². The first-order valence-corrected chi connectivity index (χ1v) is 4.29. The second-order valence-electron chi connectivity index (χ2n) is 2.83. The van der Waals surface area contributed by atoms with Gasteiger partial charge in [0.25, 0.3) is 0 Å². The van der Waals surface area contributed by atoms with Crippen LogP contribution in [0.5, 0.6) is 0 Å². The molecular weight excluding hydrogens is 193 g/mol. The Morgan fingerprint density at radius 3 is 2.77 bits per heavy atom. The third kappa shape index (κ3) is 2.66. The zero-order valence-electron chi connectivity index (χ0n) is 7.31. The maximum atomic E-state index is 13.0. The second kappa shape index (κ2) is 4.56. The molecule has 0 aromatic heterocycles. The predicted molar refractivity (Wildman–Crippen MR) is 50.0 cm³/mol. The summed E-state index contributed by atoms with van der Waals surface area (Å²) in [6.45, 7) is 2.08. The Bertz CT molecular complexity index is 281. The van der Waals surface area contributed by atoms with Crippen molar-refractivity contribution in [2.75, 3.05) is 6.61 Å². The fourth-order valence-corrected chi connectivity index (χ4v) is 1.41. The maximum Gasteiger partial charge on any atom is 0.144 e. The molecule has 0 aliphatic carbocycles. The van der Waals surface area contributed by atoms with Gasteiger partial charge in [-0.05, 0) is 30.5 Å². The van der Waals surface area contributed by atoms with Crippen molar-refractivity contribution >= 4 is 11.6 Å². The number of hydrogen-bond donors (Lipinski definition) is 1. The average molecular weight is 204 g/mol. The molecule has 1 aromatic carbocycles. The third-order valence-electron chi connectivity index (χ3n) is 1.78. The van der Waals surface area contributed by atoms with Crippen molar-refractivity contribution < 1.29 is 9.23 Å². The van der Waals surface area contributed by atoms with Crippen molar-refractivity contribution in [2.24, 2.45) is 5.90 Å².